The summed E-state index contributed by atoms with van der Waals surface area (Å²) in [5.74, 6) is 0.405. The second-order valence-electron chi connectivity index (χ2n) is 6.04. The second-order valence-corrected chi connectivity index (χ2v) is 7.33. The van der Waals surface area contributed by atoms with Gasteiger partial charge in [0.1, 0.15) is 0 Å². The van der Waals surface area contributed by atoms with Crippen LogP contribution in [-0.2, 0) is 18.3 Å². The smallest absolute Gasteiger partial charge is 0.277 e. The van der Waals surface area contributed by atoms with E-state index in [-0.39, 0.29) is 11.2 Å². The Morgan fingerprint density at radius 1 is 1.27 bits per heavy atom. The third kappa shape index (κ3) is 4.13. The zero-order chi connectivity index (χ0) is 18.7. The Bertz CT molecular complexity index is 904. The molecule has 8 heteroatoms. The fourth-order valence-electron chi connectivity index (χ4n) is 2.51. The molecule has 0 saturated heterocycles. The molecule has 2 aromatic heterocycles. The molecule has 1 atom stereocenters. The largest absolute Gasteiger partial charge is 0.416 e. The van der Waals surface area contributed by atoms with E-state index in [0.29, 0.717) is 17.5 Å². The molecule has 136 valence electrons. The first kappa shape index (κ1) is 18.2. The number of carbonyl (C=O) groups is 1. The second kappa shape index (κ2) is 7.74. The number of hydrogen-bond donors (Lipinski definition) is 1. The van der Waals surface area contributed by atoms with Crippen LogP contribution in [0.2, 0.25) is 0 Å². The zero-order valence-electron chi connectivity index (χ0n) is 15.2. The van der Waals surface area contributed by atoms with Crippen LogP contribution in [0.5, 0.6) is 0 Å². The molecule has 0 radical (unpaired) electrons. The normalized spacial score (nSPS) is 12.2. The lowest BCUT2D eigenvalue weighted by Crippen LogP contribution is -2.23. The maximum absolute atomic E-state index is 12.5. The lowest BCUT2D eigenvalue weighted by Gasteiger charge is -2.10. The van der Waals surface area contributed by atoms with Crippen molar-refractivity contribution < 1.29 is 9.21 Å². The summed E-state index contributed by atoms with van der Waals surface area (Å²) in [6.45, 7) is 5.59. The minimum absolute atomic E-state index is 0.128. The summed E-state index contributed by atoms with van der Waals surface area (Å²) in [6.07, 6.45) is 0.572. The Kier molecular flexibility index (Phi) is 5.41. The Morgan fingerprint density at radius 3 is 2.65 bits per heavy atom. The molecule has 7 nitrogen and oxygen atoms in total. The van der Waals surface area contributed by atoms with Crippen LogP contribution in [0, 0.1) is 13.8 Å². The maximum atomic E-state index is 12.5. The molecule has 0 aliphatic heterocycles. The first-order valence-electron chi connectivity index (χ1n) is 8.28. The molecule has 0 aliphatic carbocycles. The highest BCUT2D eigenvalue weighted by molar-refractivity contribution is 8.00. The zero-order valence-corrected chi connectivity index (χ0v) is 16.0. The third-order valence-corrected chi connectivity index (χ3v) is 4.98. The SMILES string of the molecule is Cc1nn(C)c(C)c1NC(=O)[C@H](C)Sc1nnc(Cc2ccccc2)o1. The van der Waals surface area contributed by atoms with Gasteiger partial charge in [-0.25, -0.2) is 0 Å². The summed E-state index contributed by atoms with van der Waals surface area (Å²) in [4.78, 5) is 12.5. The quantitative estimate of drug-likeness (QED) is 0.670. The van der Waals surface area contributed by atoms with Crippen molar-refractivity contribution in [3.05, 3.63) is 53.2 Å². The van der Waals surface area contributed by atoms with E-state index in [0.717, 1.165) is 22.6 Å². The molecule has 26 heavy (non-hydrogen) atoms. The van der Waals surface area contributed by atoms with Gasteiger partial charge in [0.15, 0.2) is 0 Å². The van der Waals surface area contributed by atoms with Crippen LogP contribution in [-0.4, -0.2) is 31.1 Å². The molecule has 3 rings (SSSR count). The van der Waals surface area contributed by atoms with Gasteiger partial charge in [0, 0.05) is 7.05 Å². The Labute approximate surface area is 156 Å². The number of benzene rings is 1. The van der Waals surface area contributed by atoms with Crippen LogP contribution < -0.4 is 5.32 Å². The van der Waals surface area contributed by atoms with Gasteiger partial charge in [-0.05, 0) is 26.3 Å². The number of rotatable bonds is 6. The van der Waals surface area contributed by atoms with Crippen LogP contribution in [0.1, 0.15) is 29.8 Å². The predicted molar refractivity (Wildman–Crippen MR) is 100 cm³/mol. The van der Waals surface area contributed by atoms with Gasteiger partial charge in [-0.1, -0.05) is 42.1 Å². The highest BCUT2D eigenvalue weighted by Crippen LogP contribution is 2.25. The van der Waals surface area contributed by atoms with Gasteiger partial charge in [-0.15, -0.1) is 10.2 Å². The van der Waals surface area contributed by atoms with Crippen molar-refractivity contribution in [2.75, 3.05) is 5.32 Å². The van der Waals surface area contributed by atoms with Gasteiger partial charge in [0.05, 0.1) is 28.7 Å². The van der Waals surface area contributed by atoms with Crippen molar-refractivity contribution in [3.8, 4) is 0 Å². The summed E-state index contributed by atoms with van der Waals surface area (Å²) < 4.78 is 7.40. The van der Waals surface area contributed by atoms with Crippen LogP contribution in [0.4, 0.5) is 5.69 Å². The average Bonchev–Trinajstić information content (AvgIpc) is 3.15. The number of anilines is 1. The highest BCUT2D eigenvalue weighted by Gasteiger charge is 2.21. The van der Waals surface area contributed by atoms with Crippen molar-refractivity contribution in [2.24, 2.45) is 7.05 Å². The number of nitrogens with zero attached hydrogens (tertiary/aromatic N) is 4. The molecule has 3 aromatic rings. The van der Waals surface area contributed by atoms with Gasteiger partial charge in [-0.3, -0.25) is 9.48 Å². The molecule has 1 amide bonds. The molecular formula is C18H21N5O2S. The van der Waals surface area contributed by atoms with E-state index in [9.17, 15) is 4.79 Å². The Morgan fingerprint density at radius 2 is 2.00 bits per heavy atom. The summed E-state index contributed by atoms with van der Waals surface area (Å²) in [5, 5.41) is 15.3. The minimum Gasteiger partial charge on any atom is -0.416 e. The summed E-state index contributed by atoms with van der Waals surface area (Å²) in [5.41, 5.74) is 3.55. The van der Waals surface area contributed by atoms with Gasteiger partial charge < -0.3 is 9.73 Å². The number of thioether (sulfide) groups is 1. The van der Waals surface area contributed by atoms with Crippen molar-refractivity contribution in [1.82, 2.24) is 20.0 Å². The van der Waals surface area contributed by atoms with Crippen molar-refractivity contribution in [3.63, 3.8) is 0 Å². The standard InChI is InChI=1S/C18H21N5O2S/c1-11-16(12(2)23(4)22-11)19-17(24)13(3)26-18-21-20-15(25-18)10-14-8-6-5-7-9-14/h5-9,13H,10H2,1-4H3,(H,19,24)/t13-/m0/s1. The van der Waals surface area contributed by atoms with Crippen molar-refractivity contribution >= 4 is 23.4 Å². The molecular weight excluding hydrogens is 350 g/mol. The van der Waals surface area contributed by atoms with Crippen LogP contribution in [0.15, 0.2) is 40.0 Å². The Balaban J connectivity index is 1.61. The molecule has 2 heterocycles. The fourth-order valence-corrected chi connectivity index (χ4v) is 3.21. The molecule has 0 unspecified atom stereocenters. The monoisotopic (exact) mass is 371 g/mol. The predicted octanol–water partition coefficient (Wildman–Crippen LogP) is 3.13. The summed E-state index contributed by atoms with van der Waals surface area (Å²) in [6, 6.07) is 9.91. The van der Waals surface area contributed by atoms with E-state index in [1.54, 1.807) is 4.68 Å². The number of carbonyl (C=O) groups excluding carboxylic acids is 1. The maximum Gasteiger partial charge on any atom is 0.277 e. The number of aryl methyl sites for hydroxylation is 2. The third-order valence-electron chi connectivity index (χ3n) is 4.05. The Hall–Kier alpha value is -2.61. The number of nitrogens with one attached hydrogen (secondary N) is 1. The van der Waals surface area contributed by atoms with Crippen LogP contribution >= 0.6 is 11.8 Å². The lowest BCUT2D eigenvalue weighted by molar-refractivity contribution is -0.115. The summed E-state index contributed by atoms with van der Waals surface area (Å²) >= 11 is 1.24. The van der Waals surface area contributed by atoms with E-state index in [1.165, 1.54) is 11.8 Å². The first-order valence-corrected chi connectivity index (χ1v) is 9.16. The highest BCUT2D eigenvalue weighted by atomic mass is 32.2. The number of amides is 1. The van der Waals surface area contributed by atoms with Gasteiger partial charge in [0.2, 0.25) is 11.8 Å². The minimum atomic E-state index is -0.376. The van der Waals surface area contributed by atoms with E-state index >= 15 is 0 Å². The van der Waals surface area contributed by atoms with Crippen LogP contribution in [0.25, 0.3) is 0 Å². The molecule has 1 aromatic carbocycles. The average molecular weight is 371 g/mol. The van der Waals surface area contributed by atoms with E-state index < -0.39 is 0 Å². The van der Waals surface area contributed by atoms with Crippen molar-refractivity contribution in [1.29, 1.82) is 0 Å². The molecule has 0 saturated carbocycles. The van der Waals surface area contributed by atoms with E-state index in [4.69, 9.17) is 4.42 Å². The lowest BCUT2D eigenvalue weighted by atomic mass is 10.2. The number of aromatic nitrogens is 4. The molecule has 0 bridgehead atoms. The van der Waals surface area contributed by atoms with Crippen molar-refractivity contribution in [2.45, 2.75) is 37.7 Å². The molecule has 0 fully saturated rings. The molecule has 0 aliphatic rings. The molecule has 1 N–H and O–H groups in total. The van der Waals surface area contributed by atoms with Gasteiger partial charge >= 0.3 is 0 Å². The first-order chi connectivity index (χ1) is 12.4. The fraction of sp³-hybridized carbons (Fsp3) is 0.333. The molecule has 0 spiro atoms. The summed E-state index contributed by atoms with van der Waals surface area (Å²) in [7, 11) is 1.85. The van der Waals surface area contributed by atoms with E-state index in [1.807, 2.05) is 58.2 Å². The van der Waals surface area contributed by atoms with Gasteiger partial charge in [-0.2, -0.15) is 5.10 Å². The van der Waals surface area contributed by atoms with Gasteiger partial charge in [0.25, 0.3) is 5.22 Å². The topological polar surface area (TPSA) is 85.8 Å². The van der Waals surface area contributed by atoms with Crippen LogP contribution in [0.3, 0.4) is 0 Å². The van der Waals surface area contributed by atoms with E-state index in [2.05, 4.69) is 20.6 Å². The number of hydrogen-bond acceptors (Lipinski definition) is 6.